The second-order valence-corrected chi connectivity index (χ2v) is 5.96. The minimum Gasteiger partial charge on any atom is -0.444 e. The number of nitrogens with zero attached hydrogens (tertiary/aromatic N) is 1. The highest BCUT2D eigenvalue weighted by Crippen LogP contribution is 2.23. The van der Waals surface area contributed by atoms with E-state index in [1.807, 2.05) is 34.6 Å². The predicted octanol–water partition coefficient (Wildman–Crippen LogP) is 3.47. The summed E-state index contributed by atoms with van der Waals surface area (Å²) >= 11 is 0. The Morgan fingerprint density at radius 1 is 1.36 bits per heavy atom. The molecule has 0 aromatic heterocycles. The van der Waals surface area contributed by atoms with E-state index in [1.165, 1.54) is 12.1 Å². The summed E-state index contributed by atoms with van der Waals surface area (Å²) < 4.78 is 18.2. The van der Waals surface area contributed by atoms with Crippen LogP contribution >= 0.6 is 0 Å². The summed E-state index contributed by atoms with van der Waals surface area (Å²) in [5.74, 6) is -0.364. The van der Waals surface area contributed by atoms with Gasteiger partial charge in [0.2, 0.25) is 0 Å². The predicted molar refractivity (Wildman–Crippen MR) is 87.4 cm³/mol. The van der Waals surface area contributed by atoms with Crippen molar-refractivity contribution in [2.75, 3.05) is 24.1 Å². The second kappa shape index (κ2) is 7.33. The van der Waals surface area contributed by atoms with Crippen LogP contribution in [0.1, 0.15) is 34.6 Å². The highest BCUT2D eigenvalue weighted by Gasteiger charge is 2.33. The average Bonchev–Trinajstić information content (AvgIpc) is 2.35. The van der Waals surface area contributed by atoms with E-state index in [4.69, 9.17) is 10.5 Å². The number of amides is 1. The zero-order valence-electron chi connectivity index (χ0n) is 13.9. The van der Waals surface area contributed by atoms with Gasteiger partial charge in [-0.15, -0.1) is 0 Å². The Kier molecular flexibility index (Phi) is 6.02. The van der Waals surface area contributed by atoms with Gasteiger partial charge in [0.15, 0.2) is 0 Å². The highest BCUT2D eigenvalue weighted by atomic mass is 19.1. The van der Waals surface area contributed by atoms with Gasteiger partial charge in [-0.25, -0.2) is 9.18 Å². The molecule has 0 atom stereocenters. The SMILES string of the molecule is CC.CC(C)(C)OC(=O)N1CC(Nc2ccc(F)cc2N)C1. The van der Waals surface area contributed by atoms with Gasteiger partial charge in [0.05, 0.1) is 17.4 Å². The fourth-order valence-corrected chi connectivity index (χ4v) is 1.93. The molecule has 1 aliphatic rings. The van der Waals surface area contributed by atoms with Gasteiger partial charge in [-0.2, -0.15) is 0 Å². The molecule has 0 radical (unpaired) electrons. The first-order valence-electron chi connectivity index (χ1n) is 7.54. The van der Waals surface area contributed by atoms with E-state index in [1.54, 1.807) is 11.0 Å². The molecule has 1 amide bonds. The van der Waals surface area contributed by atoms with Crippen molar-refractivity contribution in [3.05, 3.63) is 24.0 Å². The largest absolute Gasteiger partial charge is 0.444 e. The van der Waals surface area contributed by atoms with Gasteiger partial charge < -0.3 is 20.7 Å². The van der Waals surface area contributed by atoms with Crippen LogP contribution in [-0.2, 0) is 4.74 Å². The lowest BCUT2D eigenvalue weighted by Crippen LogP contribution is -2.57. The first kappa shape index (κ1) is 18.1. The number of rotatable bonds is 2. The maximum atomic E-state index is 12.9. The van der Waals surface area contributed by atoms with Gasteiger partial charge in [0, 0.05) is 13.1 Å². The first-order chi connectivity index (χ1) is 10.2. The van der Waals surface area contributed by atoms with Crippen LogP contribution in [0.25, 0.3) is 0 Å². The molecule has 1 heterocycles. The van der Waals surface area contributed by atoms with Gasteiger partial charge in [-0.1, -0.05) is 13.8 Å². The zero-order chi connectivity index (χ0) is 16.9. The molecule has 1 saturated heterocycles. The Hall–Kier alpha value is -1.98. The summed E-state index contributed by atoms with van der Waals surface area (Å²) in [6.45, 7) is 10.6. The van der Waals surface area contributed by atoms with Crippen LogP contribution in [0.4, 0.5) is 20.6 Å². The molecule has 0 aliphatic carbocycles. The van der Waals surface area contributed by atoms with Crippen LogP contribution in [-0.4, -0.2) is 35.7 Å². The van der Waals surface area contributed by atoms with Crippen LogP contribution in [0.15, 0.2) is 18.2 Å². The maximum absolute atomic E-state index is 12.9. The molecule has 0 saturated carbocycles. The molecule has 5 nitrogen and oxygen atoms in total. The number of carbonyl (C=O) groups is 1. The third-order valence-corrected chi connectivity index (χ3v) is 2.91. The number of carbonyl (C=O) groups excluding carboxylic acids is 1. The second-order valence-electron chi connectivity index (χ2n) is 5.96. The summed E-state index contributed by atoms with van der Waals surface area (Å²) in [5, 5.41) is 3.18. The molecule has 2 rings (SSSR count). The smallest absolute Gasteiger partial charge is 0.410 e. The number of ether oxygens (including phenoxy) is 1. The number of nitrogen functional groups attached to an aromatic ring is 1. The third-order valence-electron chi connectivity index (χ3n) is 2.91. The first-order valence-corrected chi connectivity index (χ1v) is 7.54. The van der Waals surface area contributed by atoms with E-state index in [9.17, 15) is 9.18 Å². The lowest BCUT2D eigenvalue weighted by molar-refractivity contribution is 0.0105. The summed E-state index contributed by atoms with van der Waals surface area (Å²) in [6.07, 6.45) is -0.317. The van der Waals surface area contributed by atoms with Crippen molar-refractivity contribution in [3.8, 4) is 0 Å². The normalized spacial score (nSPS) is 14.5. The highest BCUT2D eigenvalue weighted by molar-refractivity contribution is 5.71. The number of nitrogens with two attached hydrogens (primary N) is 1. The average molecular weight is 311 g/mol. The van der Waals surface area contributed by atoms with Crippen molar-refractivity contribution in [3.63, 3.8) is 0 Å². The van der Waals surface area contributed by atoms with Crippen molar-refractivity contribution >= 4 is 17.5 Å². The van der Waals surface area contributed by atoms with Gasteiger partial charge in [-0.3, -0.25) is 0 Å². The van der Waals surface area contributed by atoms with Gasteiger partial charge in [-0.05, 0) is 39.0 Å². The minimum absolute atomic E-state index is 0.107. The Morgan fingerprint density at radius 3 is 2.45 bits per heavy atom. The number of benzene rings is 1. The van der Waals surface area contributed by atoms with Crippen LogP contribution < -0.4 is 11.1 Å². The maximum Gasteiger partial charge on any atom is 0.410 e. The molecule has 0 bridgehead atoms. The van der Waals surface area contributed by atoms with Crippen LogP contribution in [0.2, 0.25) is 0 Å². The summed E-state index contributed by atoms with van der Waals surface area (Å²) in [4.78, 5) is 13.4. The summed E-state index contributed by atoms with van der Waals surface area (Å²) in [5.41, 5.74) is 6.27. The van der Waals surface area contributed by atoms with E-state index in [-0.39, 0.29) is 18.0 Å². The van der Waals surface area contributed by atoms with E-state index < -0.39 is 5.60 Å². The summed E-state index contributed by atoms with van der Waals surface area (Å²) in [7, 11) is 0. The Labute approximate surface area is 131 Å². The molecule has 1 aliphatic heterocycles. The molecule has 0 spiro atoms. The molecular weight excluding hydrogens is 285 g/mol. The fraction of sp³-hybridized carbons (Fsp3) is 0.562. The summed E-state index contributed by atoms with van der Waals surface area (Å²) in [6, 6.07) is 4.33. The quantitative estimate of drug-likeness (QED) is 0.821. The van der Waals surface area contributed by atoms with Crippen molar-refractivity contribution in [1.82, 2.24) is 4.90 Å². The molecule has 1 aromatic carbocycles. The Bertz CT molecular complexity index is 509. The Morgan fingerprint density at radius 2 is 1.95 bits per heavy atom. The van der Waals surface area contributed by atoms with Crippen LogP contribution in [0.5, 0.6) is 0 Å². The zero-order valence-corrected chi connectivity index (χ0v) is 13.9. The van der Waals surface area contributed by atoms with Crippen molar-refractivity contribution < 1.29 is 13.9 Å². The number of nitrogens with one attached hydrogen (secondary N) is 1. The molecule has 6 heteroatoms. The van der Waals surface area contributed by atoms with Crippen LogP contribution in [0.3, 0.4) is 0 Å². The van der Waals surface area contributed by atoms with E-state index >= 15 is 0 Å². The molecule has 1 fully saturated rings. The topological polar surface area (TPSA) is 67.6 Å². The molecule has 124 valence electrons. The van der Waals surface area contributed by atoms with E-state index in [0.717, 1.165) is 0 Å². The van der Waals surface area contributed by atoms with Crippen LogP contribution in [0, 0.1) is 5.82 Å². The van der Waals surface area contributed by atoms with E-state index in [2.05, 4.69) is 5.32 Å². The fourth-order valence-electron chi connectivity index (χ4n) is 1.93. The molecule has 3 N–H and O–H groups in total. The molecule has 0 unspecified atom stereocenters. The lowest BCUT2D eigenvalue weighted by atomic mass is 10.1. The van der Waals surface area contributed by atoms with Gasteiger partial charge >= 0.3 is 6.09 Å². The monoisotopic (exact) mass is 311 g/mol. The van der Waals surface area contributed by atoms with Crippen molar-refractivity contribution in [2.45, 2.75) is 46.3 Å². The minimum atomic E-state index is -0.489. The van der Waals surface area contributed by atoms with Crippen molar-refractivity contribution in [1.29, 1.82) is 0 Å². The number of anilines is 2. The van der Waals surface area contributed by atoms with Crippen molar-refractivity contribution in [2.24, 2.45) is 0 Å². The lowest BCUT2D eigenvalue weighted by Gasteiger charge is -2.40. The molecule has 22 heavy (non-hydrogen) atoms. The van der Waals surface area contributed by atoms with Gasteiger partial charge in [0.25, 0.3) is 0 Å². The molecular formula is C16H26FN3O2. The number of hydrogen-bond donors (Lipinski definition) is 2. The molecule has 1 aromatic rings. The van der Waals surface area contributed by atoms with E-state index in [0.29, 0.717) is 24.5 Å². The number of halogens is 1. The third kappa shape index (κ3) is 5.09. The Balaban J connectivity index is 0.00000116. The standard InChI is InChI=1S/C14H20FN3O2.C2H6/c1-14(2,3)20-13(19)18-7-10(8-18)17-12-5-4-9(15)6-11(12)16;1-2/h4-6,10,17H,7-8,16H2,1-3H3;1-2H3. The number of likely N-dealkylation sites (tertiary alicyclic amines) is 1. The number of hydrogen-bond acceptors (Lipinski definition) is 4. The van der Waals surface area contributed by atoms with Gasteiger partial charge in [0.1, 0.15) is 11.4 Å².